The summed E-state index contributed by atoms with van der Waals surface area (Å²) in [5.41, 5.74) is 1.41. The third-order valence-electron chi connectivity index (χ3n) is 4.10. The molecular formula is C17H28N2O. The topological polar surface area (TPSA) is 35.5 Å². The normalized spacial score (nSPS) is 19.1. The van der Waals surface area contributed by atoms with Crippen LogP contribution in [0.25, 0.3) is 0 Å². The number of aliphatic hydroxyl groups excluding tert-OH is 1. The first kappa shape index (κ1) is 15.5. The highest BCUT2D eigenvalue weighted by Gasteiger charge is 2.19. The molecule has 112 valence electrons. The molecule has 1 aliphatic rings. The minimum Gasteiger partial charge on any atom is -0.392 e. The van der Waals surface area contributed by atoms with Crippen LogP contribution in [-0.2, 0) is 6.42 Å². The highest BCUT2D eigenvalue weighted by atomic mass is 16.3. The van der Waals surface area contributed by atoms with E-state index in [-0.39, 0.29) is 6.10 Å². The molecule has 1 heterocycles. The number of aliphatic hydroxyl groups is 1. The Morgan fingerprint density at radius 2 is 1.95 bits per heavy atom. The molecule has 1 aromatic carbocycles. The van der Waals surface area contributed by atoms with Gasteiger partial charge in [0.05, 0.1) is 6.10 Å². The minimum absolute atomic E-state index is 0.199. The third-order valence-corrected chi connectivity index (χ3v) is 4.10. The summed E-state index contributed by atoms with van der Waals surface area (Å²) < 4.78 is 0. The zero-order chi connectivity index (χ0) is 14.2. The van der Waals surface area contributed by atoms with E-state index in [2.05, 4.69) is 40.5 Å². The number of nitrogens with zero attached hydrogens (tertiary/aromatic N) is 1. The summed E-state index contributed by atoms with van der Waals surface area (Å²) in [6.07, 6.45) is 3.42. The second-order valence-electron chi connectivity index (χ2n) is 6.03. The second kappa shape index (κ2) is 8.40. The van der Waals surface area contributed by atoms with Crippen molar-refractivity contribution < 1.29 is 5.11 Å². The van der Waals surface area contributed by atoms with E-state index in [1.807, 2.05) is 6.92 Å². The van der Waals surface area contributed by atoms with Crippen molar-refractivity contribution in [3.8, 4) is 0 Å². The van der Waals surface area contributed by atoms with Gasteiger partial charge in [-0.05, 0) is 63.8 Å². The minimum atomic E-state index is -0.199. The van der Waals surface area contributed by atoms with Crippen LogP contribution in [0.15, 0.2) is 30.3 Å². The van der Waals surface area contributed by atoms with Crippen LogP contribution in [0, 0.1) is 5.92 Å². The molecule has 0 aromatic heterocycles. The van der Waals surface area contributed by atoms with Crippen molar-refractivity contribution in [2.45, 2.75) is 32.3 Å². The highest BCUT2D eigenvalue weighted by Crippen LogP contribution is 2.16. The van der Waals surface area contributed by atoms with Crippen LogP contribution < -0.4 is 5.32 Å². The Kier molecular flexibility index (Phi) is 6.51. The number of hydrogen-bond acceptors (Lipinski definition) is 3. The van der Waals surface area contributed by atoms with Gasteiger partial charge in [0.1, 0.15) is 0 Å². The predicted molar refractivity (Wildman–Crippen MR) is 83.9 cm³/mol. The maximum absolute atomic E-state index is 9.40. The molecule has 20 heavy (non-hydrogen) atoms. The van der Waals surface area contributed by atoms with E-state index >= 15 is 0 Å². The molecule has 1 saturated heterocycles. The van der Waals surface area contributed by atoms with Crippen molar-refractivity contribution >= 4 is 0 Å². The molecule has 0 radical (unpaired) electrons. The first-order valence-electron chi connectivity index (χ1n) is 7.89. The summed E-state index contributed by atoms with van der Waals surface area (Å²) in [7, 11) is 0. The van der Waals surface area contributed by atoms with Gasteiger partial charge < -0.3 is 15.3 Å². The number of benzene rings is 1. The van der Waals surface area contributed by atoms with Crippen LogP contribution in [0.3, 0.4) is 0 Å². The van der Waals surface area contributed by atoms with Gasteiger partial charge in [-0.15, -0.1) is 0 Å². The van der Waals surface area contributed by atoms with Gasteiger partial charge in [-0.3, -0.25) is 0 Å². The van der Waals surface area contributed by atoms with Crippen molar-refractivity contribution in [2.75, 3.05) is 32.7 Å². The monoisotopic (exact) mass is 276 g/mol. The van der Waals surface area contributed by atoms with Gasteiger partial charge in [-0.2, -0.15) is 0 Å². The summed E-state index contributed by atoms with van der Waals surface area (Å²) in [5.74, 6) is 0.802. The van der Waals surface area contributed by atoms with Crippen LogP contribution in [0.5, 0.6) is 0 Å². The number of nitrogens with one attached hydrogen (secondary N) is 1. The average Bonchev–Trinajstić information content (AvgIpc) is 2.46. The van der Waals surface area contributed by atoms with Crippen molar-refractivity contribution in [3.63, 3.8) is 0 Å². The Labute approximate surface area is 123 Å². The largest absolute Gasteiger partial charge is 0.392 e. The fraction of sp³-hybridized carbons (Fsp3) is 0.647. The quantitative estimate of drug-likeness (QED) is 0.747. The van der Waals surface area contributed by atoms with Crippen molar-refractivity contribution in [1.82, 2.24) is 10.2 Å². The maximum atomic E-state index is 9.40. The number of likely N-dealkylation sites (tertiary alicyclic amines) is 1. The number of rotatable bonds is 7. The Balaban J connectivity index is 1.55. The fourth-order valence-corrected chi connectivity index (χ4v) is 2.93. The molecule has 0 bridgehead atoms. The number of hydrogen-bond donors (Lipinski definition) is 2. The predicted octanol–water partition coefficient (Wildman–Crippen LogP) is 1.91. The summed E-state index contributed by atoms with van der Waals surface area (Å²) in [6.45, 7) is 7.17. The smallest absolute Gasteiger partial charge is 0.0639 e. The first-order chi connectivity index (χ1) is 9.74. The molecule has 3 nitrogen and oxygen atoms in total. The van der Waals surface area contributed by atoms with Crippen molar-refractivity contribution in [2.24, 2.45) is 5.92 Å². The zero-order valence-corrected chi connectivity index (χ0v) is 12.6. The molecule has 0 spiro atoms. The molecule has 1 aromatic rings. The maximum Gasteiger partial charge on any atom is 0.0639 e. The van der Waals surface area contributed by atoms with Gasteiger partial charge in [0.2, 0.25) is 0 Å². The highest BCUT2D eigenvalue weighted by molar-refractivity contribution is 5.14. The Morgan fingerprint density at radius 3 is 2.60 bits per heavy atom. The molecule has 0 amide bonds. The fourth-order valence-electron chi connectivity index (χ4n) is 2.93. The molecule has 1 fully saturated rings. The summed E-state index contributed by atoms with van der Waals surface area (Å²) >= 11 is 0. The van der Waals surface area contributed by atoms with Crippen LogP contribution in [0.1, 0.15) is 25.3 Å². The van der Waals surface area contributed by atoms with E-state index in [1.165, 1.54) is 18.4 Å². The van der Waals surface area contributed by atoms with Gasteiger partial charge >= 0.3 is 0 Å². The molecule has 0 aliphatic carbocycles. The number of β-amino-alcohol motifs (C(OH)–C–C–N with tert-alkyl or cyclic N) is 1. The zero-order valence-electron chi connectivity index (χ0n) is 12.6. The van der Waals surface area contributed by atoms with E-state index in [0.717, 1.165) is 45.1 Å². The molecular weight excluding hydrogens is 248 g/mol. The third kappa shape index (κ3) is 5.61. The van der Waals surface area contributed by atoms with Gasteiger partial charge in [0.15, 0.2) is 0 Å². The van der Waals surface area contributed by atoms with Gasteiger partial charge in [-0.1, -0.05) is 30.3 Å². The molecule has 2 N–H and O–H groups in total. The molecule has 1 atom stereocenters. The molecule has 3 heteroatoms. The Bertz CT molecular complexity index is 359. The van der Waals surface area contributed by atoms with E-state index < -0.39 is 0 Å². The lowest BCUT2D eigenvalue weighted by Crippen LogP contribution is -2.40. The van der Waals surface area contributed by atoms with E-state index in [0.29, 0.717) is 0 Å². The van der Waals surface area contributed by atoms with Crippen LogP contribution >= 0.6 is 0 Å². The van der Waals surface area contributed by atoms with Crippen LogP contribution in [0.2, 0.25) is 0 Å². The van der Waals surface area contributed by atoms with Crippen LogP contribution in [0.4, 0.5) is 0 Å². The summed E-state index contributed by atoms with van der Waals surface area (Å²) in [5, 5.41) is 13.0. The van der Waals surface area contributed by atoms with Gasteiger partial charge in [0.25, 0.3) is 0 Å². The lowest BCUT2D eigenvalue weighted by Gasteiger charge is -2.32. The Morgan fingerprint density at radius 1 is 1.25 bits per heavy atom. The molecule has 0 saturated carbocycles. The number of piperidine rings is 1. The second-order valence-corrected chi connectivity index (χ2v) is 6.03. The van der Waals surface area contributed by atoms with E-state index in [4.69, 9.17) is 0 Å². The standard InChI is InChI=1S/C17H28N2O/c1-15(20)14-19-11-8-17(9-12-19)13-18-10-7-16-5-3-2-4-6-16/h2-6,15,17-18,20H,7-14H2,1H3/t15-/m0/s1. The average molecular weight is 276 g/mol. The van der Waals surface area contributed by atoms with Crippen molar-refractivity contribution in [1.29, 1.82) is 0 Å². The SMILES string of the molecule is C[C@H](O)CN1CCC(CNCCc2ccccc2)CC1. The summed E-state index contributed by atoms with van der Waals surface area (Å²) in [4.78, 5) is 2.38. The first-order valence-corrected chi connectivity index (χ1v) is 7.89. The molecule has 0 unspecified atom stereocenters. The van der Waals surface area contributed by atoms with Crippen LogP contribution in [-0.4, -0.2) is 48.8 Å². The van der Waals surface area contributed by atoms with Gasteiger partial charge in [0, 0.05) is 6.54 Å². The van der Waals surface area contributed by atoms with E-state index in [9.17, 15) is 5.11 Å². The molecule has 2 rings (SSSR count). The van der Waals surface area contributed by atoms with E-state index in [1.54, 1.807) is 0 Å². The summed E-state index contributed by atoms with van der Waals surface area (Å²) in [6, 6.07) is 10.7. The lowest BCUT2D eigenvalue weighted by atomic mass is 9.96. The Hall–Kier alpha value is -0.900. The lowest BCUT2D eigenvalue weighted by molar-refractivity contribution is 0.0999. The molecule has 1 aliphatic heterocycles. The van der Waals surface area contributed by atoms with Crippen molar-refractivity contribution in [3.05, 3.63) is 35.9 Å². The van der Waals surface area contributed by atoms with Gasteiger partial charge in [-0.25, -0.2) is 0 Å².